The second-order valence-electron chi connectivity index (χ2n) is 6.98. The van der Waals surface area contributed by atoms with Crippen molar-refractivity contribution < 1.29 is 9.13 Å². The van der Waals surface area contributed by atoms with Gasteiger partial charge < -0.3 is 4.74 Å². The Balaban J connectivity index is 1.56. The van der Waals surface area contributed by atoms with E-state index in [0.717, 1.165) is 11.1 Å². The lowest BCUT2D eigenvalue weighted by Crippen LogP contribution is -2.05. The molecule has 30 heavy (non-hydrogen) atoms. The lowest BCUT2D eigenvalue weighted by Gasteiger charge is -2.17. The van der Waals surface area contributed by atoms with Gasteiger partial charge in [-0.3, -0.25) is 19.7 Å². The van der Waals surface area contributed by atoms with Crippen molar-refractivity contribution in [3.05, 3.63) is 65.5 Å². The number of H-pyrrole nitrogens is 1. The highest BCUT2D eigenvalue weighted by Gasteiger charge is 2.18. The van der Waals surface area contributed by atoms with Crippen molar-refractivity contribution in [3.63, 3.8) is 0 Å². The van der Waals surface area contributed by atoms with Gasteiger partial charge in [-0.05, 0) is 25.1 Å². The van der Waals surface area contributed by atoms with Gasteiger partial charge in [0.1, 0.15) is 23.1 Å². The second-order valence-corrected chi connectivity index (χ2v) is 7.42. The summed E-state index contributed by atoms with van der Waals surface area (Å²) in [6.07, 6.45) is 6.29. The Morgan fingerprint density at radius 2 is 2.00 bits per heavy atom. The molecule has 1 atom stereocenters. The minimum absolute atomic E-state index is 0.313. The van der Waals surface area contributed by atoms with Crippen molar-refractivity contribution in [2.24, 2.45) is 7.05 Å². The average Bonchev–Trinajstić information content (AvgIpc) is 3.33. The normalized spacial score (nSPS) is 12.5. The summed E-state index contributed by atoms with van der Waals surface area (Å²) >= 11 is 6.25. The van der Waals surface area contributed by atoms with Gasteiger partial charge in [-0.1, -0.05) is 11.6 Å². The van der Waals surface area contributed by atoms with Crippen LogP contribution in [0.1, 0.15) is 18.6 Å². The molecule has 0 spiro atoms. The minimum atomic E-state index is -0.451. The molecule has 5 aromatic rings. The fourth-order valence-electron chi connectivity index (χ4n) is 3.53. The lowest BCUT2D eigenvalue weighted by molar-refractivity contribution is 0.227. The Labute approximate surface area is 175 Å². The number of aryl methyl sites for hydroxylation is 1. The number of benzene rings is 2. The van der Waals surface area contributed by atoms with E-state index in [1.807, 2.05) is 20.2 Å². The molecule has 1 unspecified atom stereocenters. The lowest BCUT2D eigenvalue weighted by atomic mass is 10.1. The molecule has 3 heterocycles. The highest BCUT2D eigenvalue weighted by molar-refractivity contribution is 6.31. The first-order valence-corrected chi connectivity index (χ1v) is 9.61. The zero-order chi connectivity index (χ0) is 20.8. The number of rotatable bonds is 4. The van der Waals surface area contributed by atoms with E-state index < -0.39 is 11.9 Å². The average molecular weight is 423 g/mol. The largest absolute Gasteiger partial charge is 0.486 e. The number of nitrogens with zero attached hydrogens (tertiary/aromatic N) is 5. The first-order valence-electron chi connectivity index (χ1n) is 9.23. The molecule has 2 aromatic carbocycles. The van der Waals surface area contributed by atoms with Crippen molar-refractivity contribution in [2.45, 2.75) is 13.0 Å². The summed E-state index contributed by atoms with van der Waals surface area (Å²) in [4.78, 5) is 8.71. The van der Waals surface area contributed by atoms with E-state index in [2.05, 4.69) is 25.3 Å². The molecule has 0 radical (unpaired) electrons. The van der Waals surface area contributed by atoms with Crippen LogP contribution in [0, 0.1) is 5.82 Å². The minimum Gasteiger partial charge on any atom is -0.486 e. The summed E-state index contributed by atoms with van der Waals surface area (Å²) in [6, 6.07) is 6.64. The molecule has 3 aromatic heterocycles. The van der Waals surface area contributed by atoms with Crippen LogP contribution in [-0.2, 0) is 7.05 Å². The number of nitrogens with one attached hydrogen (secondary N) is 1. The van der Waals surface area contributed by atoms with Crippen LogP contribution in [0.25, 0.3) is 33.2 Å². The predicted octanol–water partition coefficient (Wildman–Crippen LogP) is 4.84. The molecule has 0 saturated carbocycles. The standard InChI is InChI=1S/C21H16ClFN6O/c1-11(15-5-13(22)6-18-21(15)25-4-3-24-18)30-14-7-16-19(12-9-26-29(2)10-12)27-28-20(16)17(23)8-14/h3-11H,1-2H3,(H,27,28). The van der Waals surface area contributed by atoms with Crippen molar-refractivity contribution in [3.8, 4) is 17.0 Å². The molecule has 0 fully saturated rings. The van der Waals surface area contributed by atoms with E-state index in [4.69, 9.17) is 16.3 Å². The van der Waals surface area contributed by atoms with E-state index in [-0.39, 0.29) is 0 Å². The summed E-state index contributed by atoms with van der Waals surface area (Å²) in [7, 11) is 1.81. The van der Waals surface area contributed by atoms with Gasteiger partial charge in [-0.15, -0.1) is 0 Å². The Kier molecular flexibility index (Phi) is 4.36. The summed E-state index contributed by atoms with van der Waals surface area (Å²) < 4.78 is 22.5. The van der Waals surface area contributed by atoms with E-state index in [1.165, 1.54) is 6.07 Å². The smallest absolute Gasteiger partial charge is 0.152 e. The molecular formula is C21H16ClFN6O. The van der Waals surface area contributed by atoms with Gasteiger partial charge in [-0.25, -0.2) is 4.39 Å². The quantitative estimate of drug-likeness (QED) is 0.448. The summed E-state index contributed by atoms with van der Waals surface area (Å²) in [6.45, 7) is 1.86. The van der Waals surface area contributed by atoms with Crippen LogP contribution in [-0.4, -0.2) is 29.9 Å². The van der Waals surface area contributed by atoms with Gasteiger partial charge in [0.15, 0.2) is 5.82 Å². The maximum atomic E-state index is 14.7. The van der Waals surface area contributed by atoms with E-state index in [9.17, 15) is 4.39 Å². The van der Waals surface area contributed by atoms with Crippen LogP contribution in [0.3, 0.4) is 0 Å². The number of fused-ring (bicyclic) bond motifs is 2. The van der Waals surface area contributed by atoms with E-state index in [0.29, 0.717) is 38.4 Å². The van der Waals surface area contributed by atoms with Gasteiger partial charge in [0.2, 0.25) is 0 Å². The third-order valence-corrected chi connectivity index (χ3v) is 5.11. The van der Waals surface area contributed by atoms with E-state index >= 15 is 0 Å². The van der Waals surface area contributed by atoms with E-state index in [1.54, 1.807) is 41.5 Å². The Hall–Kier alpha value is -3.52. The second kappa shape index (κ2) is 7.07. The molecule has 150 valence electrons. The van der Waals surface area contributed by atoms with Crippen LogP contribution in [0.4, 0.5) is 4.39 Å². The number of aromatic nitrogens is 6. The molecule has 0 bridgehead atoms. The Morgan fingerprint density at radius 1 is 1.17 bits per heavy atom. The molecule has 7 nitrogen and oxygen atoms in total. The number of hydrogen-bond acceptors (Lipinski definition) is 5. The summed E-state index contributed by atoms with van der Waals surface area (Å²) in [5.74, 6) is -0.0795. The first-order chi connectivity index (χ1) is 14.5. The number of ether oxygens (including phenoxy) is 1. The highest BCUT2D eigenvalue weighted by Crippen LogP contribution is 2.34. The predicted molar refractivity (Wildman–Crippen MR) is 112 cm³/mol. The number of aromatic amines is 1. The molecule has 0 aliphatic carbocycles. The maximum Gasteiger partial charge on any atom is 0.152 e. The third-order valence-electron chi connectivity index (χ3n) is 4.90. The molecule has 5 rings (SSSR count). The maximum absolute atomic E-state index is 14.7. The zero-order valence-corrected chi connectivity index (χ0v) is 16.9. The number of halogens is 2. The SMILES string of the molecule is CC(Oc1cc(F)c2[nH]nc(-c3cnn(C)c3)c2c1)c1cc(Cl)cc2nccnc12. The monoisotopic (exact) mass is 422 g/mol. The van der Waals surface area contributed by atoms with Gasteiger partial charge in [-0.2, -0.15) is 10.2 Å². The Bertz CT molecular complexity index is 1400. The van der Waals surface area contributed by atoms with Crippen molar-refractivity contribution in [2.75, 3.05) is 0 Å². The third kappa shape index (κ3) is 3.15. The Morgan fingerprint density at radius 3 is 2.80 bits per heavy atom. The molecule has 0 aliphatic heterocycles. The van der Waals surface area contributed by atoms with Crippen LogP contribution in [0.2, 0.25) is 5.02 Å². The van der Waals surface area contributed by atoms with Crippen molar-refractivity contribution in [1.82, 2.24) is 29.9 Å². The van der Waals surface area contributed by atoms with Crippen LogP contribution < -0.4 is 4.74 Å². The first kappa shape index (κ1) is 18.5. The van der Waals surface area contributed by atoms with Crippen molar-refractivity contribution in [1.29, 1.82) is 0 Å². The summed E-state index contributed by atoms with van der Waals surface area (Å²) in [5.41, 5.74) is 3.83. The summed E-state index contributed by atoms with van der Waals surface area (Å²) in [5, 5.41) is 12.3. The van der Waals surface area contributed by atoms with Gasteiger partial charge in [0.25, 0.3) is 0 Å². The molecule has 1 N–H and O–H groups in total. The van der Waals surface area contributed by atoms with Crippen LogP contribution in [0.15, 0.2) is 49.1 Å². The molecule has 0 amide bonds. The fourth-order valence-corrected chi connectivity index (χ4v) is 3.75. The molecule has 0 saturated heterocycles. The zero-order valence-electron chi connectivity index (χ0n) is 16.1. The fraction of sp³-hybridized carbons (Fsp3) is 0.143. The van der Waals surface area contributed by atoms with Crippen LogP contribution in [0.5, 0.6) is 5.75 Å². The van der Waals surface area contributed by atoms with Gasteiger partial charge in [0.05, 0.1) is 17.2 Å². The highest BCUT2D eigenvalue weighted by atomic mass is 35.5. The van der Waals surface area contributed by atoms with Crippen LogP contribution >= 0.6 is 11.6 Å². The molecular weight excluding hydrogens is 407 g/mol. The van der Waals surface area contributed by atoms with Crippen molar-refractivity contribution >= 4 is 33.5 Å². The number of hydrogen-bond donors (Lipinski definition) is 1. The molecule has 0 aliphatic rings. The van der Waals surface area contributed by atoms with Gasteiger partial charge >= 0.3 is 0 Å². The molecule has 9 heteroatoms. The van der Waals surface area contributed by atoms with Gasteiger partial charge in [0, 0.05) is 53.2 Å². The topological polar surface area (TPSA) is 81.5 Å².